The monoisotopic (exact) mass is 282 g/mol. The van der Waals surface area contributed by atoms with Gasteiger partial charge >= 0.3 is 0 Å². The van der Waals surface area contributed by atoms with Gasteiger partial charge in [-0.3, -0.25) is 4.90 Å². The minimum absolute atomic E-state index is 0.534. The molecule has 20 heavy (non-hydrogen) atoms. The lowest BCUT2D eigenvalue weighted by atomic mass is 9.93. The van der Waals surface area contributed by atoms with Crippen LogP contribution in [0.15, 0.2) is 0 Å². The van der Waals surface area contributed by atoms with Crippen LogP contribution in [0.4, 0.5) is 0 Å². The zero-order chi connectivity index (χ0) is 14.4. The van der Waals surface area contributed by atoms with E-state index in [4.69, 9.17) is 4.74 Å². The zero-order valence-electron chi connectivity index (χ0n) is 13.7. The Kier molecular flexibility index (Phi) is 6.79. The van der Waals surface area contributed by atoms with Crippen molar-refractivity contribution in [3.05, 3.63) is 0 Å². The first kappa shape index (κ1) is 16.3. The van der Waals surface area contributed by atoms with Crippen LogP contribution < -0.4 is 5.32 Å². The zero-order valence-corrected chi connectivity index (χ0v) is 13.7. The molecule has 2 rings (SSSR count). The number of hydrogen-bond donors (Lipinski definition) is 1. The molecule has 4 atom stereocenters. The third-order valence-corrected chi connectivity index (χ3v) is 5.24. The molecule has 0 aromatic heterocycles. The van der Waals surface area contributed by atoms with Crippen molar-refractivity contribution in [2.75, 3.05) is 26.2 Å². The summed E-state index contributed by atoms with van der Waals surface area (Å²) < 4.78 is 5.80. The van der Waals surface area contributed by atoms with Crippen LogP contribution in [-0.4, -0.2) is 49.3 Å². The number of hydrogen-bond acceptors (Lipinski definition) is 3. The first-order chi connectivity index (χ1) is 9.74. The van der Waals surface area contributed by atoms with Gasteiger partial charge in [0, 0.05) is 38.3 Å². The van der Waals surface area contributed by atoms with E-state index < -0.39 is 0 Å². The van der Waals surface area contributed by atoms with Crippen molar-refractivity contribution in [2.24, 2.45) is 5.92 Å². The van der Waals surface area contributed by atoms with Crippen molar-refractivity contribution in [1.29, 1.82) is 0 Å². The SMILES string of the molecule is CCCC1CN(CCC2CCCO2)C(C(C)CC)CN1. The van der Waals surface area contributed by atoms with E-state index in [1.54, 1.807) is 0 Å². The molecule has 0 bridgehead atoms. The van der Waals surface area contributed by atoms with Gasteiger partial charge in [0.25, 0.3) is 0 Å². The van der Waals surface area contributed by atoms with Crippen LogP contribution in [0.1, 0.15) is 59.3 Å². The van der Waals surface area contributed by atoms with Gasteiger partial charge in [0.2, 0.25) is 0 Å². The molecule has 0 saturated carbocycles. The maximum Gasteiger partial charge on any atom is 0.0588 e. The molecule has 0 aromatic carbocycles. The molecular formula is C17H34N2O. The quantitative estimate of drug-likeness (QED) is 0.777. The van der Waals surface area contributed by atoms with Crippen LogP contribution in [-0.2, 0) is 4.74 Å². The molecule has 3 heteroatoms. The molecule has 1 N–H and O–H groups in total. The fourth-order valence-corrected chi connectivity index (χ4v) is 3.71. The third-order valence-electron chi connectivity index (χ3n) is 5.24. The molecule has 0 amide bonds. The second-order valence-electron chi connectivity index (χ2n) is 6.77. The Morgan fingerprint density at radius 2 is 2.15 bits per heavy atom. The molecule has 118 valence electrons. The van der Waals surface area contributed by atoms with E-state index in [0.29, 0.717) is 12.1 Å². The highest BCUT2D eigenvalue weighted by atomic mass is 16.5. The molecule has 2 aliphatic rings. The maximum atomic E-state index is 5.80. The molecule has 2 saturated heterocycles. The minimum Gasteiger partial charge on any atom is -0.378 e. The van der Waals surface area contributed by atoms with Crippen LogP contribution in [0.3, 0.4) is 0 Å². The normalized spacial score (nSPS) is 33.5. The minimum atomic E-state index is 0.534. The average Bonchev–Trinajstić information content (AvgIpc) is 2.98. The van der Waals surface area contributed by atoms with Gasteiger partial charge in [-0.15, -0.1) is 0 Å². The summed E-state index contributed by atoms with van der Waals surface area (Å²) in [6.07, 6.45) is 8.17. The van der Waals surface area contributed by atoms with Gasteiger partial charge in [0.15, 0.2) is 0 Å². The molecule has 0 spiro atoms. The van der Waals surface area contributed by atoms with Crippen molar-refractivity contribution in [1.82, 2.24) is 10.2 Å². The van der Waals surface area contributed by atoms with Crippen LogP contribution in [0.25, 0.3) is 0 Å². The predicted octanol–water partition coefficient (Wildman–Crippen LogP) is 3.04. The molecule has 2 fully saturated rings. The van der Waals surface area contributed by atoms with Crippen LogP contribution >= 0.6 is 0 Å². The molecule has 2 aliphatic heterocycles. The summed E-state index contributed by atoms with van der Waals surface area (Å²) in [4.78, 5) is 2.76. The van der Waals surface area contributed by atoms with E-state index in [9.17, 15) is 0 Å². The van der Waals surface area contributed by atoms with Crippen LogP contribution in [0, 0.1) is 5.92 Å². The molecule has 0 aromatic rings. The largest absolute Gasteiger partial charge is 0.378 e. The van der Waals surface area contributed by atoms with Crippen molar-refractivity contribution < 1.29 is 4.74 Å². The number of piperazine rings is 1. The second kappa shape index (κ2) is 8.35. The lowest BCUT2D eigenvalue weighted by Gasteiger charge is -2.43. The summed E-state index contributed by atoms with van der Waals surface area (Å²) in [5.74, 6) is 0.787. The number of rotatable bonds is 7. The van der Waals surface area contributed by atoms with Crippen LogP contribution in [0.2, 0.25) is 0 Å². The standard InChI is InChI=1S/C17H34N2O/c1-4-7-15-13-19(10-9-16-8-6-11-20-16)17(12-18-15)14(3)5-2/h14-18H,4-13H2,1-3H3. The Balaban J connectivity index is 1.86. The molecule has 2 heterocycles. The van der Waals surface area contributed by atoms with Gasteiger partial charge in [0.05, 0.1) is 6.10 Å². The van der Waals surface area contributed by atoms with Crippen molar-refractivity contribution in [3.63, 3.8) is 0 Å². The predicted molar refractivity (Wildman–Crippen MR) is 85.1 cm³/mol. The summed E-state index contributed by atoms with van der Waals surface area (Å²) in [5, 5.41) is 3.77. The summed E-state index contributed by atoms with van der Waals surface area (Å²) in [7, 11) is 0. The van der Waals surface area contributed by atoms with Crippen LogP contribution in [0.5, 0.6) is 0 Å². The Hall–Kier alpha value is -0.120. The Morgan fingerprint density at radius 1 is 1.30 bits per heavy atom. The average molecular weight is 282 g/mol. The molecular weight excluding hydrogens is 248 g/mol. The topological polar surface area (TPSA) is 24.5 Å². The maximum absolute atomic E-state index is 5.80. The fraction of sp³-hybridized carbons (Fsp3) is 1.00. The van der Waals surface area contributed by atoms with E-state index in [1.165, 1.54) is 58.2 Å². The fourth-order valence-electron chi connectivity index (χ4n) is 3.71. The third kappa shape index (κ3) is 4.44. The molecule has 3 nitrogen and oxygen atoms in total. The Labute approximate surface area is 125 Å². The molecule has 4 unspecified atom stereocenters. The number of nitrogens with zero attached hydrogens (tertiary/aromatic N) is 1. The lowest BCUT2D eigenvalue weighted by Crippen LogP contribution is -2.58. The van der Waals surface area contributed by atoms with E-state index >= 15 is 0 Å². The first-order valence-corrected chi connectivity index (χ1v) is 8.83. The lowest BCUT2D eigenvalue weighted by molar-refractivity contribution is 0.0542. The summed E-state index contributed by atoms with van der Waals surface area (Å²) in [5.41, 5.74) is 0. The van der Waals surface area contributed by atoms with Crippen molar-refractivity contribution in [2.45, 2.75) is 77.5 Å². The first-order valence-electron chi connectivity index (χ1n) is 8.83. The van der Waals surface area contributed by atoms with Gasteiger partial charge in [0.1, 0.15) is 0 Å². The second-order valence-corrected chi connectivity index (χ2v) is 6.77. The summed E-state index contributed by atoms with van der Waals surface area (Å²) in [6, 6.07) is 1.42. The highest BCUT2D eigenvalue weighted by Gasteiger charge is 2.30. The highest BCUT2D eigenvalue weighted by molar-refractivity contribution is 4.88. The number of ether oxygens (including phenoxy) is 1. The van der Waals surface area contributed by atoms with Gasteiger partial charge in [-0.05, 0) is 31.6 Å². The van der Waals surface area contributed by atoms with Gasteiger partial charge in [-0.25, -0.2) is 0 Å². The van der Waals surface area contributed by atoms with Gasteiger partial charge in [-0.2, -0.15) is 0 Å². The molecule has 0 aliphatic carbocycles. The Bertz CT molecular complexity index is 266. The number of nitrogens with one attached hydrogen (secondary N) is 1. The van der Waals surface area contributed by atoms with Gasteiger partial charge < -0.3 is 10.1 Å². The van der Waals surface area contributed by atoms with Crippen molar-refractivity contribution in [3.8, 4) is 0 Å². The molecule has 0 radical (unpaired) electrons. The van der Waals surface area contributed by atoms with Crippen molar-refractivity contribution >= 4 is 0 Å². The van der Waals surface area contributed by atoms with E-state index in [-0.39, 0.29) is 0 Å². The van der Waals surface area contributed by atoms with E-state index in [0.717, 1.165) is 18.6 Å². The highest BCUT2D eigenvalue weighted by Crippen LogP contribution is 2.22. The summed E-state index contributed by atoms with van der Waals surface area (Å²) >= 11 is 0. The smallest absolute Gasteiger partial charge is 0.0588 e. The van der Waals surface area contributed by atoms with E-state index in [2.05, 4.69) is 31.0 Å². The van der Waals surface area contributed by atoms with Gasteiger partial charge in [-0.1, -0.05) is 33.6 Å². The van der Waals surface area contributed by atoms with E-state index in [1.807, 2.05) is 0 Å². The Morgan fingerprint density at radius 3 is 2.80 bits per heavy atom. The summed E-state index contributed by atoms with van der Waals surface area (Å²) in [6.45, 7) is 11.6.